The van der Waals surface area contributed by atoms with Crippen molar-refractivity contribution in [1.29, 1.82) is 0 Å². The maximum atomic E-state index is 5.56. The largest absolute Gasteiger partial charge is 0.330 e. The third-order valence-electron chi connectivity index (χ3n) is 2.60. The Hall–Kier alpha value is -1.68. The van der Waals surface area contributed by atoms with Crippen LogP contribution in [-0.4, -0.2) is 21.3 Å². The summed E-state index contributed by atoms with van der Waals surface area (Å²) in [5, 5.41) is 4.29. The molecule has 0 radical (unpaired) electrons. The van der Waals surface area contributed by atoms with Gasteiger partial charge in [-0.1, -0.05) is 6.07 Å². The molecule has 2 heterocycles. The first kappa shape index (κ1) is 10.8. The summed E-state index contributed by atoms with van der Waals surface area (Å²) in [6.45, 7) is 0.706. The molecule has 2 aromatic heterocycles. The molecule has 0 saturated carbocycles. The van der Waals surface area contributed by atoms with Gasteiger partial charge in [-0.25, -0.2) is 0 Å². The summed E-state index contributed by atoms with van der Waals surface area (Å²) in [5.41, 5.74) is 6.74. The molecule has 0 spiro atoms. The first-order chi connectivity index (χ1) is 7.92. The molecule has 2 N–H and O–H groups in total. The average Bonchev–Trinajstić information content (AvgIpc) is 2.85. The van der Waals surface area contributed by atoms with Crippen molar-refractivity contribution in [3.05, 3.63) is 48.5 Å². The lowest BCUT2D eigenvalue weighted by Gasteiger charge is -2.17. The van der Waals surface area contributed by atoms with Crippen LogP contribution in [0.1, 0.15) is 24.4 Å². The van der Waals surface area contributed by atoms with Crippen LogP contribution in [0.25, 0.3) is 0 Å². The van der Waals surface area contributed by atoms with Gasteiger partial charge in [-0.2, -0.15) is 5.10 Å². The Balaban J connectivity index is 2.21. The minimum atomic E-state index is 0.243. The van der Waals surface area contributed by atoms with Crippen molar-refractivity contribution in [2.75, 3.05) is 6.54 Å². The van der Waals surface area contributed by atoms with Gasteiger partial charge in [-0.15, -0.1) is 0 Å². The lowest BCUT2D eigenvalue weighted by atomic mass is 10.0. The number of aromatic nitrogens is 3. The summed E-state index contributed by atoms with van der Waals surface area (Å²) in [6, 6.07) is 6.21. The quantitative estimate of drug-likeness (QED) is 0.826. The van der Waals surface area contributed by atoms with Gasteiger partial charge in [0.05, 0.1) is 6.04 Å². The number of rotatable bonds is 5. The van der Waals surface area contributed by atoms with E-state index in [-0.39, 0.29) is 6.04 Å². The second-order valence-electron chi connectivity index (χ2n) is 3.72. The lowest BCUT2D eigenvalue weighted by molar-refractivity contribution is 0.476. The SMILES string of the molecule is NCCCC(c1cccnc1)n1cccn1. The zero-order valence-electron chi connectivity index (χ0n) is 9.16. The summed E-state index contributed by atoms with van der Waals surface area (Å²) in [6.07, 6.45) is 9.43. The Morgan fingerprint density at radius 1 is 1.31 bits per heavy atom. The zero-order valence-corrected chi connectivity index (χ0v) is 9.16. The molecule has 0 fully saturated rings. The molecule has 16 heavy (non-hydrogen) atoms. The van der Waals surface area contributed by atoms with Crippen LogP contribution in [0.4, 0.5) is 0 Å². The Morgan fingerprint density at radius 3 is 2.88 bits per heavy atom. The van der Waals surface area contributed by atoms with Crippen LogP contribution in [0.5, 0.6) is 0 Å². The molecule has 4 nitrogen and oxygen atoms in total. The molecule has 0 saturated heterocycles. The zero-order chi connectivity index (χ0) is 11.2. The Kier molecular flexibility index (Phi) is 3.66. The third-order valence-corrected chi connectivity index (χ3v) is 2.60. The number of nitrogens with two attached hydrogens (primary N) is 1. The maximum absolute atomic E-state index is 5.56. The monoisotopic (exact) mass is 216 g/mol. The van der Waals surface area contributed by atoms with Crippen LogP contribution in [0.3, 0.4) is 0 Å². The molecule has 4 heteroatoms. The van der Waals surface area contributed by atoms with Gasteiger partial charge in [0.25, 0.3) is 0 Å². The van der Waals surface area contributed by atoms with E-state index in [0.29, 0.717) is 6.54 Å². The molecular weight excluding hydrogens is 200 g/mol. The molecule has 0 bridgehead atoms. The Bertz CT molecular complexity index is 396. The van der Waals surface area contributed by atoms with Crippen molar-refractivity contribution >= 4 is 0 Å². The van der Waals surface area contributed by atoms with Crippen LogP contribution in [0.2, 0.25) is 0 Å². The van der Waals surface area contributed by atoms with Gasteiger partial charge in [0.2, 0.25) is 0 Å². The molecule has 0 aliphatic heterocycles. The summed E-state index contributed by atoms with van der Waals surface area (Å²) in [7, 11) is 0. The smallest absolute Gasteiger partial charge is 0.0783 e. The molecule has 84 valence electrons. The fourth-order valence-electron chi connectivity index (χ4n) is 1.80. The van der Waals surface area contributed by atoms with Gasteiger partial charge >= 0.3 is 0 Å². The molecule has 0 aliphatic carbocycles. The van der Waals surface area contributed by atoms with E-state index in [2.05, 4.69) is 16.1 Å². The van der Waals surface area contributed by atoms with Gasteiger partial charge in [0.1, 0.15) is 0 Å². The maximum Gasteiger partial charge on any atom is 0.0783 e. The van der Waals surface area contributed by atoms with Crippen LogP contribution in [-0.2, 0) is 0 Å². The van der Waals surface area contributed by atoms with Gasteiger partial charge < -0.3 is 5.73 Å². The third kappa shape index (κ3) is 2.46. The lowest BCUT2D eigenvalue weighted by Crippen LogP contribution is -2.13. The van der Waals surface area contributed by atoms with Gasteiger partial charge in [0.15, 0.2) is 0 Å². The fourth-order valence-corrected chi connectivity index (χ4v) is 1.80. The van der Waals surface area contributed by atoms with E-state index < -0.39 is 0 Å². The van der Waals surface area contributed by atoms with Crippen molar-refractivity contribution in [2.24, 2.45) is 5.73 Å². The second kappa shape index (κ2) is 5.42. The molecule has 0 amide bonds. The first-order valence-electron chi connectivity index (χ1n) is 5.51. The van der Waals surface area contributed by atoms with E-state index in [9.17, 15) is 0 Å². The highest BCUT2D eigenvalue weighted by Crippen LogP contribution is 2.21. The average molecular weight is 216 g/mol. The standard InChI is InChI=1S/C12H16N4/c13-6-1-5-12(16-9-3-8-15-16)11-4-2-7-14-10-11/h2-4,7-10,12H,1,5-6,13H2. The highest BCUT2D eigenvalue weighted by molar-refractivity contribution is 5.14. The normalized spacial score (nSPS) is 12.6. The summed E-state index contributed by atoms with van der Waals surface area (Å²) < 4.78 is 1.96. The van der Waals surface area contributed by atoms with Crippen LogP contribution < -0.4 is 5.73 Å². The van der Waals surface area contributed by atoms with Crippen molar-refractivity contribution in [2.45, 2.75) is 18.9 Å². The van der Waals surface area contributed by atoms with E-state index in [1.807, 2.05) is 29.2 Å². The van der Waals surface area contributed by atoms with E-state index >= 15 is 0 Å². The molecule has 0 aromatic carbocycles. The van der Waals surface area contributed by atoms with Gasteiger partial charge in [-0.05, 0) is 37.1 Å². The van der Waals surface area contributed by atoms with E-state index in [4.69, 9.17) is 5.73 Å². The Morgan fingerprint density at radius 2 is 2.25 bits per heavy atom. The van der Waals surface area contributed by atoms with Crippen LogP contribution in [0, 0.1) is 0 Å². The van der Waals surface area contributed by atoms with E-state index in [1.165, 1.54) is 5.56 Å². The summed E-state index contributed by atoms with van der Waals surface area (Å²) in [5.74, 6) is 0. The minimum absolute atomic E-state index is 0.243. The summed E-state index contributed by atoms with van der Waals surface area (Å²) in [4.78, 5) is 4.15. The van der Waals surface area contributed by atoms with Crippen molar-refractivity contribution in [3.63, 3.8) is 0 Å². The fraction of sp³-hybridized carbons (Fsp3) is 0.333. The molecule has 1 atom stereocenters. The van der Waals surface area contributed by atoms with Crippen molar-refractivity contribution < 1.29 is 0 Å². The van der Waals surface area contributed by atoms with Crippen molar-refractivity contribution in [3.8, 4) is 0 Å². The number of hydrogen-bond donors (Lipinski definition) is 1. The predicted octanol–water partition coefficient (Wildman–Crippen LogP) is 1.61. The Labute approximate surface area is 95.1 Å². The molecule has 1 unspecified atom stereocenters. The van der Waals surface area contributed by atoms with E-state index in [0.717, 1.165) is 12.8 Å². The second-order valence-corrected chi connectivity index (χ2v) is 3.72. The first-order valence-corrected chi connectivity index (χ1v) is 5.51. The van der Waals surface area contributed by atoms with Gasteiger partial charge in [-0.3, -0.25) is 9.67 Å². The molecule has 2 aromatic rings. The molecular formula is C12H16N4. The van der Waals surface area contributed by atoms with Crippen molar-refractivity contribution in [1.82, 2.24) is 14.8 Å². The molecule has 0 aliphatic rings. The molecule has 2 rings (SSSR count). The minimum Gasteiger partial charge on any atom is -0.330 e. The highest BCUT2D eigenvalue weighted by Gasteiger charge is 2.12. The number of hydrogen-bond acceptors (Lipinski definition) is 3. The van der Waals surface area contributed by atoms with Crippen LogP contribution >= 0.6 is 0 Å². The van der Waals surface area contributed by atoms with Gasteiger partial charge in [0, 0.05) is 24.8 Å². The predicted molar refractivity (Wildman–Crippen MR) is 62.9 cm³/mol. The topological polar surface area (TPSA) is 56.7 Å². The van der Waals surface area contributed by atoms with Crippen LogP contribution in [0.15, 0.2) is 43.0 Å². The number of pyridine rings is 1. The number of nitrogens with zero attached hydrogens (tertiary/aromatic N) is 3. The highest BCUT2D eigenvalue weighted by atomic mass is 15.3. The van der Waals surface area contributed by atoms with E-state index in [1.54, 1.807) is 12.4 Å². The summed E-state index contributed by atoms with van der Waals surface area (Å²) >= 11 is 0.